The van der Waals surface area contributed by atoms with Crippen molar-refractivity contribution in [3.05, 3.63) is 58.3 Å². The molecule has 0 bridgehead atoms. The van der Waals surface area contributed by atoms with Gasteiger partial charge in [0.1, 0.15) is 5.60 Å². The van der Waals surface area contributed by atoms with E-state index >= 15 is 0 Å². The molecular weight excluding hydrogens is 314 g/mol. The van der Waals surface area contributed by atoms with Crippen molar-refractivity contribution in [3.63, 3.8) is 0 Å². The molecule has 0 unspecified atom stereocenters. The SMILES string of the molecule is CSc1ccc(/C=C/C(=O)NC[C@](C)(O)c2cccs2)cc1. The van der Waals surface area contributed by atoms with E-state index in [1.54, 1.807) is 24.8 Å². The van der Waals surface area contributed by atoms with Crippen LogP contribution in [0.5, 0.6) is 0 Å². The van der Waals surface area contributed by atoms with Gasteiger partial charge in [0.2, 0.25) is 5.91 Å². The van der Waals surface area contributed by atoms with Crippen LogP contribution in [-0.2, 0) is 10.4 Å². The zero-order chi connectivity index (χ0) is 16.0. The van der Waals surface area contributed by atoms with Crippen LogP contribution in [0.25, 0.3) is 6.08 Å². The zero-order valence-corrected chi connectivity index (χ0v) is 14.2. The van der Waals surface area contributed by atoms with Gasteiger partial charge in [-0.25, -0.2) is 0 Å². The van der Waals surface area contributed by atoms with Gasteiger partial charge in [0.05, 0.1) is 6.54 Å². The highest BCUT2D eigenvalue weighted by Gasteiger charge is 2.24. The van der Waals surface area contributed by atoms with Crippen molar-refractivity contribution >= 4 is 35.1 Å². The lowest BCUT2D eigenvalue weighted by Crippen LogP contribution is -2.37. The van der Waals surface area contributed by atoms with Gasteiger partial charge in [-0.15, -0.1) is 23.1 Å². The van der Waals surface area contributed by atoms with Gasteiger partial charge in [0.15, 0.2) is 0 Å². The fourth-order valence-electron chi connectivity index (χ4n) is 1.88. The van der Waals surface area contributed by atoms with Crippen molar-refractivity contribution in [3.8, 4) is 0 Å². The van der Waals surface area contributed by atoms with Crippen molar-refractivity contribution < 1.29 is 9.90 Å². The smallest absolute Gasteiger partial charge is 0.244 e. The minimum Gasteiger partial charge on any atom is -0.383 e. The highest BCUT2D eigenvalue weighted by atomic mass is 32.2. The summed E-state index contributed by atoms with van der Waals surface area (Å²) in [4.78, 5) is 13.9. The number of hydrogen-bond donors (Lipinski definition) is 2. The van der Waals surface area contributed by atoms with Gasteiger partial charge in [-0.3, -0.25) is 4.79 Å². The fraction of sp³-hybridized carbons (Fsp3) is 0.235. The van der Waals surface area contributed by atoms with E-state index < -0.39 is 5.60 Å². The molecule has 1 atom stereocenters. The lowest BCUT2D eigenvalue weighted by molar-refractivity contribution is -0.117. The van der Waals surface area contributed by atoms with E-state index in [4.69, 9.17) is 0 Å². The molecule has 0 saturated carbocycles. The average Bonchev–Trinajstić information content (AvgIpc) is 3.07. The van der Waals surface area contributed by atoms with Crippen LogP contribution in [0.15, 0.2) is 52.7 Å². The summed E-state index contributed by atoms with van der Waals surface area (Å²) >= 11 is 3.16. The number of rotatable bonds is 6. The molecule has 1 aromatic carbocycles. The number of benzene rings is 1. The molecule has 0 radical (unpaired) electrons. The van der Waals surface area contributed by atoms with E-state index in [9.17, 15) is 9.90 Å². The molecule has 0 aliphatic rings. The number of amides is 1. The molecule has 5 heteroatoms. The highest BCUT2D eigenvalue weighted by Crippen LogP contribution is 2.24. The number of thiophene rings is 1. The van der Waals surface area contributed by atoms with Gasteiger partial charge in [0, 0.05) is 15.8 Å². The summed E-state index contributed by atoms with van der Waals surface area (Å²) in [7, 11) is 0. The predicted molar refractivity (Wildman–Crippen MR) is 94.2 cm³/mol. The molecule has 2 rings (SSSR count). The zero-order valence-electron chi connectivity index (χ0n) is 12.6. The van der Waals surface area contributed by atoms with E-state index in [-0.39, 0.29) is 12.5 Å². The second kappa shape index (κ2) is 7.63. The molecule has 116 valence electrons. The summed E-state index contributed by atoms with van der Waals surface area (Å²) in [6.07, 6.45) is 5.27. The second-order valence-electron chi connectivity index (χ2n) is 5.08. The van der Waals surface area contributed by atoms with Crippen LogP contribution in [0.1, 0.15) is 17.4 Å². The molecule has 0 aliphatic heterocycles. The highest BCUT2D eigenvalue weighted by molar-refractivity contribution is 7.98. The monoisotopic (exact) mass is 333 g/mol. The molecule has 0 aliphatic carbocycles. The maximum absolute atomic E-state index is 11.8. The first-order valence-electron chi connectivity index (χ1n) is 6.87. The molecule has 22 heavy (non-hydrogen) atoms. The van der Waals surface area contributed by atoms with Gasteiger partial charge in [-0.2, -0.15) is 0 Å². The first-order valence-corrected chi connectivity index (χ1v) is 8.98. The van der Waals surface area contributed by atoms with Crippen LogP contribution in [-0.4, -0.2) is 23.8 Å². The topological polar surface area (TPSA) is 49.3 Å². The molecule has 1 aromatic heterocycles. The lowest BCUT2D eigenvalue weighted by atomic mass is 10.1. The van der Waals surface area contributed by atoms with Gasteiger partial charge < -0.3 is 10.4 Å². The maximum atomic E-state index is 11.8. The Hall–Kier alpha value is -1.56. The Kier molecular flexibility index (Phi) is 5.83. The molecule has 1 heterocycles. The molecule has 0 fully saturated rings. The summed E-state index contributed by atoms with van der Waals surface area (Å²) in [6.45, 7) is 1.88. The average molecular weight is 333 g/mol. The van der Waals surface area contributed by atoms with Gasteiger partial charge >= 0.3 is 0 Å². The van der Waals surface area contributed by atoms with Crippen LogP contribution >= 0.6 is 23.1 Å². The lowest BCUT2D eigenvalue weighted by Gasteiger charge is -2.21. The number of nitrogens with one attached hydrogen (secondary N) is 1. The van der Waals surface area contributed by atoms with E-state index in [0.29, 0.717) is 0 Å². The van der Waals surface area contributed by atoms with E-state index in [2.05, 4.69) is 5.32 Å². The van der Waals surface area contributed by atoms with E-state index in [1.807, 2.05) is 48.0 Å². The molecule has 0 saturated heterocycles. The number of aliphatic hydroxyl groups is 1. The van der Waals surface area contributed by atoms with Crippen molar-refractivity contribution in [1.29, 1.82) is 0 Å². The van der Waals surface area contributed by atoms with E-state index in [1.165, 1.54) is 22.3 Å². The largest absolute Gasteiger partial charge is 0.383 e. The van der Waals surface area contributed by atoms with Crippen LogP contribution in [0, 0.1) is 0 Å². The normalized spacial score (nSPS) is 14.0. The number of carbonyl (C=O) groups excluding carboxylic acids is 1. The van der Waals surface area contributed by atoms with Crippen molar-refractivity contribution in [2.45, 2.75) is 17.4 Å². The van der Waals surface area contributed by atoms with Crippen LogP contribution in [0.3, 0.4) is 0 Å². The summed E-state index contributed by atoms with van der Waals surface area (Å²) in [5.74, 6) is -0.217. The molecular formula is C17H19NO2S2. The van der Waals surface area contributed by atoms with Crippen molar-refractivity contribution in [1.82, 2.24) is 5.32 Å². The second-order valence-corrected chi connectivity index (χ2v) is 6.90. The summed E-state index contributed by atoms with van der Waals surface area (Å²) in [5, 5.41) is 15.0. The molecule has 3 nitrogen and oxygen atoms in total. The predicted octanol–water partition coefficient (Wildman–Crippen LogP) is 3.51. The maximum Gasteiger partial charge on any atom is 0.244 e. The number of hydrogen-bond acceptors (Lipinski definition) is 4. The van der Waals surface area contributed by atoms with Gasteiger partial charge in [-0.05, 0) is 48.4 Å². The molecule has 2 N–H and O–H groups in total. The van der Waals surface area contributed by atoms with Crippen molar-refractivity contribution in [2.75, 3.05) is 12.8 Å². The minimum absolute atomic E-state index is 0.183. The third kappa shape index (κ3) is 4.73. The van der Waals surface area contributed by atoms with Gasteiger partial charge in [0.25, 0.3) is 0 Å². The number of thioether (sulfide) groups is 1. The third-order valence-electron chi connectivity index (χ3n) is 3.20. The Bertz CT molecular complexity index is 631. The Morgan fingerprint density at radius 3 is 2.68 bits per heavy atom. The molecule has 2 aromatic rings. The summed E-state index contributed by atoms with van der Waals surface area (Å²) in [5.41, 5.74) is -0.0736. The Balaban J connectivity index is 1.88. The Morgan fingerprint density at radius 2 is 2.09 bits per heavy atom. The Labute approximate surface area is 139 Å². The van der Waals surface area contributed by atoms with Crippen LogP contribution in [0.4, 0.5) is 0 Å². The first-order chi connectivity index (χ1) is 10.5. The number of carbonyl (C=O) groups is 1. The standard InChI is InChI=1S/C17H19NO2S2/c1-17(20,15-4-3-11-22-15)12-18-16(19)10-7-13-5-8-14(21-2)9-6-13/h3-11,20H,12H2,1-2H3,(H,18,19)/b10-7+/t17-/m0/s1. The van der Waals surface area contributed by atoms with Crippen LogP contribution < -0.4 is 5.32 Å². The summed E-state index contributed by atoms with van der Waals surface area (Å²) in [6, 6.07) is 11.7. The van der Waals surface area contributed by atoms with E-state index in [0.717, 1.165) is 10.4 Å². The first kappa shape index (κ1) is 16.8. The molecule has 0 spiro atoms. The van der Waals surface area contributed by atoms with Crippen molar-refractivity contribution in [2.24, 2.45) is 0 Å². The summed E-state index contributed by atoms with van der Waals surface area (Å²) < 4.78 is 0. The minimum atomic E-state index is -1.04. The quantitative estimate of drug-likeness (QED) is 0.628. The fourth-order valence-corrected chi connectivity index (χ4v) is 3.07. The Morgan fingerprint density at radius 1 is 1.36 bits per heavy atom. The molecule has 1 amide bonds. The van der Waals surface area contributed by atoms with Crippen LogP contribution in [0.2, 0.25) is 0 Å². The third-order valence-corrected chi connectivity index (χ3v) is 5.07. The van der Waals surface area contributed by atoms with Gasteiger partial charge in [-0.1, -0.05) is 18.2 Å².